The van der Waals surface area contributed by atoms with Crippen molar-refractivity contribution in [1.82, 2.24) is 10.3 Å². The molecule has 0 aliphatic rings. The maximum absolute atomic E-state index is 12.0. The van der Waals surface area contributed by atoms with E-state index in [-0.39, 0.29) is 5.91 Å². The van der Waals surface area contributed by atoms with E-state index in [0.717, 1.165) is 11.3 Å². The minimum Gasteiger partial charge on any atom is -0.365 e. The van der Waals surface area contributed by atoms with Crippen molar-refractivity contribution < 1.29 is 13.2 Å². The van der Waals surface area contributed by atoms with Gasteiger partial charge in [0, 0.05) is 24.7 Å². The predicted octanol–water partition coefficient (Wildman–Crippen LogP) is 1.97. The van der Waals surface area contributed by atoms with Gasteiger partial charge in [0.15, 0.2) is 9.84 Å². The summed E-state index contributed by atoms with van der Waals surface area (Å²) in [5.74, 6) is -0.154. The van der Waals surface area contributed by atoms with Crippen molar-refractivity contribution in [2.24, 2.45) is 0 Å². The lowest BCUT2D eigenvalue weighted by atomic mass is 10.1. The van der Waals surface area contributed by atoms with E-state index in [1.54, 1.807) is 37.4 Å². The van der Waals surface area contributed by atoms with Crippen LogP contribution in [-0.2, 0) is 16.4 Å². The third-order valence-electron chi connectivity index (χ3n) is 3.29. The first-order valence-corrected chi connectivity index (χ1v) is 8.40. The van der Waals surface area contributed by atoms with Crippen molar-refractivity contribution in [2.45, 2.75) is 25.3 Å². The molecule has 2 aromatic rings. The van der Waals surface area contributed by atoms with Crippen LogP contribution in [0.3, 0.4) is 0 Å². The van der Waals surface area contributed by atoms with Crippen LogP contribution in [0.4, 0.5) is 0 Å². The Morgan fingerprint density at radius 3 is 2.48 bits per heavy atom. The number of hydrogen-bond donors (Lipinski definition) is 2. The van der Waals surface area contributed by atoms with Crippen LogP contribution in [0.2, 0.25) is 0 Å². The van der Waals surface area contributed by atoms with Crippen molar-refractivity contribution >= 4 is 15.7 Å². The maximum atomic E-state index is 12.0. The molecule has 0 unspecified atom stereocenters. The van der Waals surface area contributed by atoms with Gasteiger partial charge in [-0.1, -0.05) is 12.1 Å². The van der Waals surface area contributed by atoms with Crippen LogP contribution >= 0.6 is 0 Å². The topological polar surface area (TPSA) is 79.0 Å². The average molecular weight is 306 g/mol. The van der Waals surface area contributed by atoms with Crippen LogP contribution in [0, 0.1) is 13.8 Å². The second-order valence-electron chi connectivity index (χ2n) is 5.07. The van der Waals surface area contributed by atoms with E-state index in [1.807, 2.05) is 6.92 Å². The van der Waals surface area contributed by atoms with Crippen LogP contribution in [-0.4, -0.2) is 25.6 Å². The molecule has 0 radical (unpaired) electrons. The largest absolute Gasteiger partial charge is 0.365 e. The number of rotatable bonds is 4. The quantitative estimate of drug-likeness (QED) is 0.906. The number of benzene rings is 1. The summed E-state index contributed by atoms with van der Waals surface area (Å²) in [5.41, 5.74) is 2.97. The third kappa shape index (κ3) is 3.52. The van der Waals surface area contributed by atoms with Crippen molar-refractivity contribution in [3.8, 4) is 0 Å². The van der Waals surface area contributed by atoms with Gasteiger partial charge in [-0.05, 0) is 37.1 Å². The van der Waals surface area contributed by atoms with Crippen LogP contribution in [0.1, 0.15) is 27.2 Å². The Balaban J connectivity index is 2.10. The molecule has 0 aliphatic heterocycles. The molecule has 0 saturated carbocycles. The van der Waals surface area contributed by atoms with Gasteiger partial charge in [-0.2, -0.15) is 0 Å². The van der Waals surface area contributed by atoms with Crippen molar-refractivity contribution in [1.29, 1.82) is 0 Å². The van der Waals surface area contributed by atoms with Crippen LogP contribution in [0.15, 0.2) is 35.4 Å². The first kappa shape index (κ1) is 15.3. The molecule has 1 heterocycles. The summed E-state index contributed by atoms with van der Waals surface area (Å²) in [6, 6.07) is 6.80. The number of carbonyl (C=O) groups excluding carboxylic acids is 1. The highest BCUT2D eigenvalue weighted by Crippen LogP contribution is 2.16. The van der Waals surface area contributed by atoms with E-state index in [4.69, 9.17) is 0 Å². The molecule has 5 nitrogen and oxygen atoms in total. The fourth-order valence-electron chi connectivity index (χ4n) is 2.21. The lowest BCUT2D eigenvalue weighted by molar-refractivity contribution is 0.0950. The number of aromatic nitrogens is 1. The van der Waals surface area contributed by atoms with Gasteiger partial charge in [-0.25, -0.2) is 8.42 Å². The summed E-state index contributed by atoms with van der Waals surface area (Å²) in [6.45, 7) is 3.94. The SMILES string of the molecule is Cc1cc(CNC(=O)c2cc[nH]c2C)ccc1S(C)(=O)=O. The standard InChI is InChI=1S/C15H18N2O3S/c1-10-8-12(4-5-14(10)21(3,19)20)9-17-15(18)13-6-7-16-11(13)2/h4-8,16H,9H2,1-3H3,(H,17,18). The van der Waals surface area contributed by atoms with E-state index in [0.29, 0.717) is 22.6 Å². The van der Waals surface area contributed by atoms with Crippen LogP contribution in [0.25, 0.3) is 0 Å². The number of sulfone groups is 1. The Hall–Kier alpha value is -2.08. The minimum absolute atomic E-state index is 0.154. The monoisotopic (exact) mass is 306 g/mol. The molecule has 2 rings (SSSR count). The molecule has 0 atom stereocenters. The first-order chi connectivity index (χ1) is 9.79. The van der Waals surface area contributed by atoms with Crippen LogP contribution < -0.4 is 5.32 Å². The minimum atomic E-state index is -3.21. The second-order valence-corrected chi connectivity index (χ2v) is 7.06. The van der Waals surface area contributed by atoms with E-state index >= 15 is 0 Å². The molecule has 0 spiro atoms. The smallest absolute Gasteiger partial charge is 0.253 e. The normalized spacial score (nSPS) is 11.4. The highest BCUT2D eigenvalue weighted by molar-refractivity contribution is 7.90. The maximum Gasteiger partial charge on any atom is 0.253 e. The van der Waals surface area contributed by atoms with E-state index < -0.39 is 9.84 Å². The molecular formula is C15H18N2O3S. The molecule has 1 aromatic carbocycles. The molecule has 21 heavy (non-hydrogen) atoms. The lowest BCUT2D eigenvalue weighted by Crippen LogP contribution is -2.23. The molecule has 1 aromatic heterocycles. The number of H-pyrrole nitrogens is 1. The fourth-order valence-corrected chi connectivity index (χ4v) is 3.17. The number of aromatic amines is 1. The summed E-state index contributed by atoms with van der Waals surface area (Å²) >= 11 is 0. The summed E-state index contributed by atoms with van der Waals surface area (Å²) in [6.07, 6.45) is 2.90. The Morgan fingerprint density at radius 2 is 1.95 bits per heavy atom. The molecule has 0 bridgehead atoms. The van der Waals surface area contributed by atoms with Gasteiger partial charge in [-0.3, -0.25) is 4.79 Å². The Morgan fingerprint density at radius 1 is 1.24 bits per heavy atom. The number of nitrogens with one attached hydrogen (secondary N) is 2. The van der Waals surface area contributed by atoms with Gasteiger partial charge < -0.3 is 10.3 Å². The Bertz CT molecular complexity index is 776. The Kier molecular flexibility index (Phi) is 4.18. The first-order valence-electron chi connectivity index (χ1n) is 6.51. The number of hydrogen-bond acceptors (Lipinski definition) is 3. The zero-order chi connectivity index (χ0) is 15.6. The number of aryl methyl sites for hydroxylation is 2. The summed E-state index contributed by atoms with van der Waals surface area (Å²) in [4.78, 5) is 15.3. The summed E-state index contributed by atoms with van der Waals surface area (Å²) < 4.78 is 23.1. The molecular weight excluding hydrogens is 288 g/mol. The molecule has 0 fully saturated rings. The average Bonchev–Trinajstić information content (AvgIpc) is 2.81. The fraction of sp³-hybridized carbons (Fsp3) is 0.267. The van der Waals surface area contributed by atoms with Gasteiger partial charge in [0.25, 0.3) is 5.91 Å². The van der Waals surface area contributed by atoms with Crippen molar-refractivity contribution in [2.75, 3.05) is 6.26 Å². The van der Waals surface area contributed by atoms with Crippen LogP contribution in [0.5, 0.6) is 0 Å². The molecule has 1 amide bonds. The van der Waals surface area contributed by atoms with Gasteiger partial charge >= 0.3 is 0 Å². The zero-order valence-electron chi connectivity index (χ0n) is 12.2. The molecule has 112 valence electrons. The predicted molar refractivity (Wildman–Crippen MR) is 81.0 cm³/mol. The van der Waals surface area contributed by atoms with E-state index in [1.165, 1.54) is 6.26 Å². The van der Waals surface area contributed by atoms with Crippen molar-refractivity contribution in [3.63, 3.8) is 0 Å². The number of carbonyl (C=O) groups is 1. The van der Waals surface area contributed by atoms with E-state index in [9.17, 15) is 13.2 Å². The highest BCUT2D eigenvalue weighted by Gasteiger charge is 2.12. The van der Waals surface area contributed by atoms with E-state index in [2.05, 4.69) is 10.3 Å². The van der Waals surface area contributed by atoms with Gasteiger partial charge in [0.1, 0.15) is 0 Å². The highest BCUT2D eigenvalue weighted by atomic mass is 32.2. The van der Waals surface area contributed by atoms with Crippen molar-refractivity contribution in [3.05, 3.63) is 52.8 Å². The second kappa shape index (κ2) is 5.73. The van der Waals surface area contributed by atoms with Gasteiger partial charge in [-0.15, -0.1) is 0 Å². The third-order valence-corrected chi connectivity index (χ3v) is 4.55. The molecule has 6 heteroatoms. The Labute approximate surface area is 124 Å². The van der Waals surface area contributed by atoms with Gasteiger partial charge in [0.2, 0.25) is 0 Å². The molecule has 0 aliphatic carbocycles. The van der Waals surface area contributed by atoms with Gasteiger partial charge in [0.05, 0.1) is 10.5 Å². The molecule has 2 N–H and O–H groups in total. The number of amides is 1. The lowest BCUT2D eigenvalue weighted by Gasteiger charge is -2.08. The molecule has 0 saturated heterocycles. The zero-order valence-corrected chi connectivity index (χ0v) is 13.0. The summed E-state index contributed by atoms with van der Waals surface area (Å²) in [5, 5.41) is 2.82. The summed E-state index contributed by atoms with van der Waals surface area (Å²) in [7, 11) is -3.21.